The van der Waals surface area contributed by atoms with Crippen LogP contribution in [0, 0.1) is 0 Å². The maximum absolute atomic E-state index is 11.9. The van der Waals surface area contributed by atoms with E-state index >= 15 is 0 Å². The van der Waals surface area contributed by atoms with Crippen molar-refractivity contribution in [3.63, 3.8) is 0 Å². The van der Waals surface area contributed by atoms with E-state index in [0.717, 1.165) is 5.39 Å². The summed E-state index contributed by atoms with van der Waals surface area (Å²) >= 11 is 6.02. The lowest BCUT2D eigenvalue weighted by Crippen LogP contribution is -2.26. The Kier molecular flexibility index (Phi) is 2.83. The molecule has 5 heteroatoms. The van der Waals surface area contributed by atoms with Crippen LogP contribution in [0.1, 0.15) is 20.8 Å². The van der Waals surface area contributed by atoms with Crippen LogP contribution in [0.25, 0.3) is 11.0 Å². The monoisotopic (exact) mass is 252 g/mol. The standard InChI is InChI=1S/C12H13ClN2O2/c1-12(2,3)17-11(16)15-7-9(13)8-5-4-6-14-10(8)15/h4-7H,1-3H3. The lowest BCUT2D eigenvalue weighted by Gasteiger charge is -2.19. The highest BCUT2D eigenvalue weighted by Crippen LogP contribution is 2.24. The van der Waals surface area contributed by atoms with Crippen molar-refractivity contribution < 1.29 is 9.53 Å². The van der Waals surface area contributed by atoms with Gasteiger partial charge >= 0.3 is 6.09 Å². The van der Waals surface area contributed by atoms with Crippen LogP contribution < -0.4 is 0 Å². The van der Waals surface area contributed by atoms with E-state index in [-0.39, 0.29) is 0 Å². The molecule has 4 nitrogen and oxygen atoms in total. The molecule has 90 valence electrons. The molecule has 17 heavy (non-hydrogen) atoms. The molecule has 0 aliphatic rings. The molecule has 0 saturated heterocycles. The molecular formula is C12H13ClN2O2. The summed E-state index contributed by atoms with van der Waals surface area (Å²) in [4.78, 5) is 16.1. The minimum Gasteiger partial charge on any atom is -0.443 e. The van der Waals surface area contributed by atoms with Gasteiger partial charge < -0.3 is 4.74 Å². The number of halogens is 1. The number of nitrogens with zero attached hydrogens (tertiary/aromatic N) is 2. The van der Waals surface area contributed by atoms with Gasteiger partial charge in [-0.25, -0.2) is 14.3 Å². The van der Waals surface area contributed by atoms with Crippen LogP contribution in [0.2, 0.25) is 5.02 Å². The SMILES string of the molecule is CC(C)(C)OC(=O)n1cc(Cl)c2cccnc21. The van der Waals surface area contributed by atoms with E-state index < -0.39 is 11.7 Å². The van der Waals surface area contributed by atoms with Crippen LogP contribution in [0.3, 0.4) is 0 Å². The molecule has 0 atom stereocenters. The molecule has 2 rings (SSSR count). The fraction of sp³-hybridized carbons (Fsp3) is 0.333. The van der Waals surface area contributed by atoms with Gasteiger partial charge in [0.1, 0.15) is 5.60 Å². The molecule has 0 fully saturated rings. The minimum atomic E-state index is -0.547. The molecule has 0 spiro atoms. The molecule has 0 radical (unpaired) electrons. The maximum atomic E-state index is 11.9. The first-order valence-corrected chi connectivity index (χ1v) is 5.61. The van der Waals surface area contributed by atoms with Gasteiger partial charge in [0.05, 0.1) is 5.02 Å². The number of rotatable bonds is 0. The summed E-state index contributed by atoms with van der Waals surface area (Å²) in [7, 11) is 0. The number of fused-ring (bicyclic) bond motifs is 1. The third kappa shape index (κ3) is 2.42. The zero-order valence-corrected chi connectivity index (χ0v) is 10.7. The average molecular weight is 253 g/mol. The van der Waals surface area contributed by atoms with Crippen molar-refractivity contribution in [1.29, 1.82) is 0 Å². The molecule has 0 aliphatic carbocycles. The van der Waals surface area contributed by atoms with Crippen LogP contribution in [0.15, 0.2) is 24.5 Å². The Balaban J connectivity index is 2.46. The van der Waals surface area contributed by atoms with Gasteiger partial charge in [-0.05, 0) is 32.9 Å². The molecule has 2 aromatic heterocycles. The second-order valence-electron chi connectivity index (χ2n) is 4.70. The van der Waals surface area contributed by atoms with E-state index in [1.165, 1.54) is 10.8 Å². The van der Waals surface area contributed by atoms with Crippen LogP contribution in [-0.2, 0) is 4.74 Å². The first-order valence-electron chi connectivity index (χ1n) is 5.23. The Morgan fingerprint density at radius 3 is 2.82 bits per heavy atom. The number of carbonyl (C=O) groups is 1. The van der Waals surface area contributed by atoms with E-state index in [0.29, 0.717) is 10.7 Å². The van der Waals surface area contributed by atoms with E-state index in [9.17, 15) is 4.79 Å². The topological polar surface area (TPSA) is 44.1 Å². The Morgan fingerprint density at radius 1 is 1.47 bits per heavy atom. The number of hydrogen-bond acceptors (Lipinski definition) is 3. The molecule has 0 saturated carbocycles. The number of carbonyl (C=O) groups excluding carboxylic acids is 1. The smallest absolute Gasteiger partial charge is 0.420 e. The van der Waals surface area contributed by atoms with Gasteiger partial charge in [-0.3, -0.25) is 0 Å². The van der Waals surface area contributed by atoms with Gasteiger partial charge in [0.2, 0.25) is 0 Å². The first-order chi connectivity index (χ1) is 7.88. The molecule has 0 aromatic carbocycles. The highest BCUT2D eigenvalue weighted by molar-refractivity contribution is 6.35. The maximum Gasteiger partial charge on any atom is 0.420 e. The van der Waals surface area contributed by atoms with Gasteiger partial charge in [0, 0.05) is 17.8 Å². The highest BCUT2D eigenvalue weighted by atomic mass is 35.5. The van der Waals surface area contributed by atoms with E-state index in [2.05, 4.69) is 4.98 Å². The molecule has 0 N–H and O–H groups in total. The van der Waals surface area contributed by atoms with Gasteiger partial charge in [-0.1, -0.05) is 11.6 Å². The summed E-state index contributed by atoms with van der Waals surface area (Å²) in [6, 6.07) is 3.58. The van der Waals surface area contributed by atoms with Crippen molar-refractivity contribution in [2.24, 2.45) is 0 Å². The number of aromatic nitrogens is 2. The second kappa shape index (κ2) is 4.04. The zero-order valence-electron chi connectivity index (χ0n) is 9.90. The van der Waals surface area contributed by atoms with E-state index in [1.54, 1.807) is 12.3 Å². The van der Waals surface area contributed by atoms with Crippen molar-refractivity contribution in [1.82, 2.24) is 9.55 Å². The fourth-order valence-corrected chi connectivity index (χ4v) is 1.71. The van der Waals surface area contributed by atoms with Gasteiger partial charge in [-0.15, -0.1) is 0 Å². The van der Waals surface area contributed by atoms with E-state index in [4.69, 9.17) is 16.3 Å². The molecule has 2 aromatic rings. The summed E-state index contributed by atoms with van der Waals surface area (Å²) in [5, 5.41) is 1.22. The molecule has 2 heterocycles. The Hall–Kier alpha value is -1.55. The second-order valence-corrected chi connectivity index (χ2v) is 5.11. The number of ether oxygens (including phenoxy) is 1. The summed E-state index contributed by atoms with van der Waals surface area (Å²) in [5.74, 6) is 0. The summed E-state index contributed by atoms with van der Waals surface area (Å²) in [6.45, 7) is 5.43. The molecular weight excluding hydrogens is 240 g/mol. The summed E-state index contributed by atoms with van der Waals surface area (Å²) in [5.41, 5.74) is -0.0404. The quantitative estimate of drug-likeness (QED) is 0.721. The average Bonchev–Trinajstić information content (AvgIpc) is 2.55. The molecule has 0 bridgehead atoms. The Bertz CT molecular complexity index is 569. The minimum absolute atomic E-state index is 0.479. The van der Waals surface area contributed by atoms with Crippen LogP contribution in [-0.4, -0.2) is 21.2 Å². The first kappa shape index (κ1) is 11.9. The molecule has 0 amide bonds. The van der Waals surface area contributed by atoms with Gasteiger partial charge in [-0.2, -0.15) is 0 Å². The van der Waals surface area contributed by atoms with Crippen LogP contribution in [0.4, 0.5) is 4.79 Å². The lowest BCUT2D eigenvalue weighted by molar-refractivity contribution is 0.0543. The van der Waals surface area contributed by atoms with Crippen molar-refractivity contribution >= 4 is 28.7 Å². The van der Waals surface area contributed by atoms with Crippen molar-refractivity contribution in [2.45, 2.75) is 26.4 Å². The summed E-state index contributed by atoms with van der Waals surface area (Å²) in [6.07, 6.45) is 2.65. The van der Waals surface area contributed by atoms with Crippen LogP contribution >= 0.6 is 11.6 Å². The Labute approximate surface area is 104 Å². The van der Waals surface area contributed by atoms with Crippen molar-refractivity contribution in [3.05, 3.63) is 29.5 Å². The third-order valence-electron chi connectivity index (χ3n) is 2.10. The van der Waals surface area contributed by atoms with E-state index in [1.807, 2.05) is 26.8 Å². The third-order valence-corrected chi connectivity index (χ3v) is 2.41. The highest BCUT2D eigenvalue weighted by Gasteiger charge is 2.20. The number of pyridine rings is 1. The van der Waals surface area contributed by atoms with Gasteiger partial charge in [0.25, 0.3) is 0 Å². The predicted octanol–water partition coefficient (Wildman–Crippen LogP) is 3.47. The lowest BCUT2D eigenvalue weighted by atomic mass is 10.2. The predicted molar refractivity (Wildman–Crippen MR) is 66.4 cm³/mol. The van der Waals surface area contributed by atoms with Crippen molar-refractivity contribution in [3.8, 4) is 0 Å². The zero-order chi connectivity index (χ0) is 12.6. The number of hydrogen-bond donors (Lipinski definition) is 0. The normalized spacial score (nSPS) is 11.8. The molecule has 0 aliphatic heterocycles. The van der Waals surface area contributed by atoms with Gasteiger partial charge in [0.15, 0.2) is 5.65 Å². The molecule has 0 unspecified atom stereocenters. The fourth-order valence-electron chi connectivity index (χ4n) is 1.47. The largest absolute Gasteiger partial charge is 0.443 e. The van der Waals surface area contributed by atoms with Crippen LogP contribution in [0.5, 0.6) is 0 Å². The Morgan fingerprint density at radius 2 is 2.18 bits per heavy atom. The van der Waals surface area contributed by atoms with Crippen molar-refractivity contribution in [2.75, 3.05) is 0 Å². The summed E-state index contributed by atoms with van der Waals surface area (Å²) < 4.78 is 6.59.